The summed E-state index contributed by atoms with van der Waals surface area (Å²) in [7, 11) is 0. The highest BCUT2D eigenvalue weighted by atomic mass is 16.2. The molecule has 2 heterocycles. The molecule has 1 fully saturated rings. The molecule has 1 saturated heterocycles. The lowest BCUT2D eigenvalue weighted by molar-refractivity contribution is -0.123. The summed E-state index contributed by atoms with van der Waals surface area (Å²) in [5.74, 6) is 0.796. The van der Waals surface area contributed by atoms with E-state index in [4.69, 9.17) is 0 Å². The van der Waals surface area contributed by atoms with Crippen LogP contribution in [0.2, 0.25) is 0 Å². The summed E-state index contributed by atoms with van der Waals surface area (Å²) >= 11 is 0. The summed E-state index contributed by atoms with van der Waals surface area (Å²) in [6.07, 6.45) is 3.02. The molecule has 0 bridgehead atoms. The summed E-state index contributed by atoms with van der Waals surface area (Å²) in [6, 6.07) is 7.92. The van der Waals surface area contributed by atoms with Crippen LogP contribution in [0.5, 0.6) is 0 Å². The van der Waals surface area contributed by atoms with Crippen LogP contribution < -0.4 is 16.2 Å². The van der Waals surface area contributed by atoms with E-state index in [1.807, 2.05) is 31.2 Å². The third-order valence-corrected chi connectivity index (χ3v) is 4.11. The monoisotopic (exact) mass is 301 g/mol. The number of aromatic nitrogens is 2. The van der Waals surface area contributed by atoms with Crippen LogP contribution in [-0.4, -0.2) is 28.0 Å². The van der Waals surface area contributed by atoms with Crippen molar-refractivity contribution in [1.29, 1.82) is 0 Å². The second kappa shape index (κ2) is 6.46. The Bertz CT molecular complexity index is 620. The number of rotatable bonds is 5. The molecule has 118 valence electrons. The Kier molecular flexibility index (Phi) is 4.40. The lowest BCUT2D eigenvalue weighted by Gasteiger charge is -2.15. The van der Waals surface area contributed by atoms with Crippen LogP contribution in [-0.2, 0) is 4.79 Å². The van der Waals surface area contributed by atoms with E-state index in [1.54, 1.807) is 0 Å². The number of amides is 1. The smallest absolute Gasteiger partial charge is 0.239 e. The van der Waals surface area contributed by atoms with Gasteiger partial charge in [0, 0.05) is 6.04 Å². The van der Waals surface area contributed by atoms with E-state index in [2.05, 4.69) is 33.1 Å². The van der Waals surface area contributed by atoms with E-state index < -0.39 is 0 Å². The highest BCUT2D eigenvalue weighted by Crippen LogP contribution is 2.16. The molecule has 0 aliphatic carbocycles. The van der Waals surface area contributed by atoms with Crippen molar-refractivity contribution in [2.24, 2.45) is 0 Å². The van der Waals surface area contributed by atoms with Crippen molar-refractivity contribution < 1.29 is 4.79 Å². The van der Waals surface area contributed by atoms with Gasteiger partial charge in [0.25, 0.3) is 0 Å². The number of H-pyrrole nitrogens is 1. The van der Waals surface area contributed by atoms with Crippen molar-refractivity contribution in [2.75, 3.05) is 0 Å². The van der Waals surface area contributed by atoms with Crippen LogP contribution in [0.4, 0.5) is 0 Å². The Morgan fingerprint density at radius 2 is 2.23 bits per heavy atom. The molecular formula is C16H23N5O. The van der Waals surface area contributed by atoms with Gasteiger partial charge in [-0.1, -0.05) is 25.5 Å². The first-order chi connectivity index (χ1) is 10.7. The lowest BCUT2D eigenvalue weighted by Crippen LogP contribution is -2.44. The van der Waals surface area contributed by atoms with Gasteiger partial charge in [-0.05, 0) is 31.9 Å². The number of carbonyl (C=O) groups is 1. The summed E-state index contributed by atoms with van der Waals surface area (Å²) in [5.41, 5.74) is 8.18. The zero-order chi connectivity index (χ0) is 15.5. The van der Waals surface area contributed by atoms with Crippen LogP contribution in [0, 0.1) is 0 Å². The van der Waals surface area contributed by atoms with Gasteiger partial charge in [-0.25, -0.2) is 10.4 Å². The minimum atomic E-state index is -0.177. The Labute approximate surface area is 130 Å². The van der Waals surface area contributed by atoms with E-state index in [0.717, 1.165) is 36.1 Å². The number of para-hydroxylation sites is 2. The Morgan fingerprint density at radius 3 is 3.00 bits per heavy atom. The summed E-state index contributed by atoms with van der Waals surface area (Å²) in [6.45, 7) is 4.10. The van der Waals surface area contributed by atoms with Crippen molar-refractivity contribution in [3.63, 3.8) is 0 Å². The quantitative estimate of drug-likeness (QED) is 0.678. The maximum absolute atomic E-state index is 12.3. The number of benzene rings is 1. The molecular weight excluding hydrogens is 278 g/mol. The van der Waals surface area contributed by atoms with Crippen LogP contribution in [0.3, 0.4) is 0 Å². The molecule has 4 N–H and O–H groups in total. The fraction of sp³-hybridized carbons (Fsp3) is 0.500. The number of carbonyl (C=O) groups excluding carboxylic acids is 1. The van der Waals surface area contributed by atoms with Gasteiger partial charge in [0.15, 0.2) is 0 Å². The minimum absolute atomic E-state index is 0.0130. The second-order valence-corrected chi connectivity index (χ2v) is 5.93. The van der Waals surface area contributed by atoms with Gasteiger partial charge in [0.05, 0.1) is 17.1 Å². The molecule has 1 aromatic heterocycles. The minimum Gasteiger partial charge on any atom is -0.345 e. The van der Waals surface area contributed by atoms with Crippen LogP contribution in [0.25, 0.3) is 11.0 Å². The molecule has 0 radical (unpaired) electrons. The Balaban J connectivity index is 1.61. The van der Waals surface area contributed by atoms with Crippen LogP contribution in [0.1, 0.15) is 45.0 Å². The molecule has 0 spiro atoms. The summed E-state index contributed by atoms with van der Waals surface area (Å²) in [5, 5.41) is 3.03. The fourth-order valence-corrected chi connectivity index (χ4v) is 2.89. The molecule has 22 heavy (non-hydrogen) atoms. The van der Waals surface area contributed by atoms with Gasteiger partial charge < -0.3 is 10.3 Å². The van der Waals surface area contributed by atoms with Crippen molar-refractivity contribution in [3.05, 3.63) is 30.1 Å². The van der Waals surface area contributed by atoms with Crippen molar-refractivity contribution in [1.82, 2.24) is 26.1 Å². The molecule has 2 aromatic rings. The third-order valence-electron chi connectivity index (χ3n) is 4.11. The number of hydrogen-bond acceptors (Lipinski definition) is 4. The van der Waals surface area contributed by atoms with Crippen LogP contribution >= 0.6 is 0 Å². The molecule has 1 amide bonds. The van der Waals surface area contributed by atoms with Gasteiger partial charge in [0.2, 0.25) is 5.91 Å². The van der Waals surface area contributed by atoms with E-state index >= 15 is 0 Å². The van der Waals surface area contributed by atoms with Crippen molar-refractivity contribution in [3.8, 4) is 0 Å². The first kappa shape index (κ1) is 15.0. The van der Waals surface area contributed by atoms with Crippen molar-refractivity contribution >= 4 is 16.9 Å². The van der Waals surface area contributed by atoms with E-state index in [1.165, 1.54) is 0 Å². The first-order valence-corrected chi connectivity index (χ1v) is 7.93. The standard InChI is InChI=1S/C16H23N5O/c1-3-6-11-9-14(21-20-11)16(22)17-10(2)15-18-12-7-4-5-8-13(12)19-15/h4-5,7-8,10-11,14,20-21H,3,6,9H2,1-2H3,(H,17,22)(H,18,19). The molecule has 6 heteroatoms. The average Bonchev–Trinajstić information content (AvgIpc) is 3.13. The Morgan fingerprint density at radius 1 is 1.41 bits per heavy atom. The second-order valence-electron chi connectivity index (χ2n) is 5.93. The number of nitrogens with zero attached hydrogens (tertiary/aromatic N) is 1. The van der Waals surface area contributed by atoms with E-state index in [9.17, 15) is 4.79 Å². The number of hydrazine groups is 1. The largest absolute Gasteiger partial charge is 0.345 e. The van der Waals surface area contributed by atoms with Gasteiger partial charge in [-0.15, -0.1) is 0 Å². The average molecular weight is 301 g/mol. The van der Waals surface area contributed by atoms with E-state index in [-0.39, 0.29) is 18.0 Å². The molecule has 1 aliphatic rings. The lowest BCUT2D eigenvalue weighted by atomic mass is 10.1. The zero-order valence-electron chi connectivity index (χ0n) is 13.0. The molecule has 3 unspecified atom stereocenters. The molecule has 1 aliphatic heterocycles. The van der Waals surface area contributed by atoms with Gasteiger partial charge in [-0.2, -0.15) is 0 Å². The van der Waals surface area contributed by atoms with E-state index in [0.29, 0.717) is 6.04 Å². The van der Waals surface area contributed by atoms with Crippen molar-refractivity contribution in [2.45, 2.75) is 51.2 Å². The fourth-order valence-electron chi connectivity index (χ4n) is 2.89. The molecule has 6 nitrogen and oxygen atoms in total. The SMILES string of the molecule is CCCC1CC(C(=O)NC(C)c2nc3ccccc3[nH]2)NN1. The van der Waals surface area contributed by atoms with Crippen LogP contribution in [0.15, 0.2) is 24.3 Å². The third kappa shape index (κ3) is 3.13. The molecule has 3 atom stereocenters. The number of aromatic amines is 1. The van der Waals surface area contributed by atoms with Gasteiger partial charge >= 0.3 is 0 Å². The topological polar surface area (TPSA) is 81.8 Å². The highest BCUT2D eigenvalue weighted by Gasteiger charge is 2.29. The number of imidazole rings is 1. The normalized spacial score (nSPS) is 22.8. The van der Waals surface area contributed by atoms with Gasteiger partial charge in [-0.3, -0.25) is 10.2 Å². The summed E-state index contributed by atoms with van der Waals surface area (Å²) in [4.78, 5) is 20.1. The number of nitrogens with one attached hydrogen (secondary N) is 4. The highest BCUT2D eigenvalue weighted by molar-refractivity contribution is 5.82. The predicted octanol–water partition coefficient (Wildman–Crippen LogP) is 1.78. The maximum atomic E-state index is 12.3. The number of hydrogen-bond donors (Lipinski definition) is 4. The molecule has 1 aromatic carbocycles. The first-order valence-electron chi connectivity index (χ1n) is 7.93. The Hall–Kier alpha value is -1.92. The zero-order valence-corrected chi connectivity index (χ0v) is 13.0. The van der Waals surface area contributed by atoms with Gasteiger partial charge in [0.1, 0.15) is 11.9 Å². The maximum Gasteiger partial charge on any atom is 0.239 e. The molecule has 3 rings (SSSR count). The number of fused-ring (bicyclic) bond motifs is 1. The predicted molar refractivity (Wildman–Crippen MR) is 86.0 cm³/mol. The summed E-state index contributed by atoms with van der Waals surface area (Å²) < 4.78 is 0. The molecule has 0 saturated carbocycles.